The van der Waals surface area contributed by atoms with Gasteiger partial charge in [0.1, 0.15) is 6.04 Å². The minimum atomic E-state index is -4.19. The van der Waals surface area contributed by atoms with Crippen molar-refractivity contribution >= 4 is 5.97 Å². The molecule has 1 aliphatic heterocycles. The van der Waals surface area contributed by atoms with Gasteiger partial charge in [-0.2, -0.15) is 13.2 Å². The Kier molecular flexibility index (Phi) is 1.83. The minimum Gasteiger partial charge on any atom is -0.480 e. The van der Waals surface area contributed by atoms with E-state index in [0.29, 0.717) is 6.42 Å². The van der Waals surface area contributed by atoms with Gasteiger partial charge in [0.2, 0.25) is 0 Å². The minimum absolute atomic E-state index is 0.104. The van der Waals surface area contributed by atoms with Crippen molar-refractivity contribution in [3.05, 3.63) is 0 Å². The summed E-state index contributed by atoms with van der Waals surface area (Å²) in [6.07, 6.45) is -4.49. The molecule has 2 rings (SSSR count). The summed E-state index contributed by atoms with van der Waals surface area (Å²) in [5.74, 6) is -1.06. The molecule has 1 saturated heterocycles. The SMILES string of the molecule is O=C(O)C1C[C@]2(CC(F)(F)F)C[C@@H]2N1. The van der Waals surface area contributed by atoms with E-state index < -0.39 is 30.0 Å². The van der Waals surface area contributed by atoms with Crippen LogP contribution in [0.25, 0.3) is 0 Å². The van der Waals surface area contributed by atoms with Crippen molar-refractivity contribution in [1.82, 2.24) is 5.32 Å². The van der Waals surface area contributed by atoms with Crippen molar-refractivity contribution in [2.45, 2.75) is 37.5 Å². The molecule has 6 heteroatoms. The molecule has 3 atom stereocenters. The topological polar surface area (TPSA) is 49.3 Å². The van der Waals surface area contributed by atoms with Gasteiger partial charge in [0.05, 0.1) is 6.42 Å². The lowest BCUT2D eigenvalue weighted by Crippen LogP contribution is -2.33. The van der Waals surface area contributed by atoms with Crippen molar-refractivity contribution in [3.63, 3.8) is 0 Å². The van der Waals surface area contributed by atoms with Crippen LogP contribution < -0.4 is 5.32 Å². The van der Waals surface area contributed by atoms with Crippen LogP contribution in [0, 0.1) is 5.41 Å². The molecule has 1 aliphatic carbocycles. The van der Waals surface area contributed by atoms with Gasteiger partial charge in [-0.3, -0.25) is 4.79 Å². The largest absolute Gasteiger partial charge is 0.480 e. The lowest BCUT2D eigenvalue weighted by Gasteiger charge is -2.14. The highest BCUT2D eigenvalue weighted by Gasteiger charge is 2.64. The fourth-order valence-corrected chi connectivity index (χ4v) is 2.34. The third kappa shape index (κ3) is 1.58. The molecule has 1 unspecified atom stereocenters. The lowest BCUT2D eigenvalue weighted by molar-refractivity contribution is -0.149. The summed E-state index contributed by atoms with van der Waals surface area (Å²) < 4.78 is 36.4. The van der Waals surface area contributed by atoms with E-state index in [1.54, 1.807) is 0 Å². The van der Waals surface area contributed by atoms with Crippen molar-refractivity contribution in [3.8, 4) is 0 Å². The molecule has 0 spiro atoms. The molecular formula is C8H10F3NO2. The summed E-state index contributed by atoms with van der Waals surface area (Å²) in [7, 11) is 0. The number of aliphatic carboxylic acids is 1. The normalized spacial score (nSPS) is 40.8. The van der Waals surface area contributed by atoms with Crippen LogP contribution in [0.1, 0.15) is 19.3 Å². The quantitative estimate of drug-likeness (QED) is 0.717. The van der Waals surface area contributed by atoms with E-state index in [9.17, 15) is 18.0 Å². The highest BCUT2D eigenvalue weighted by molar-refractivity contribution is 5.74. The summed E-state index contributed by atoms with van der Waals surface area (Å²) >= 11 is 0. The molecular weight excluding hydrogens is 199 g/mol. The zero-order valence-electron chi connectivity index (χ0n) is 7.27. The molecule has 2 fully saturated rings. The van der Waals surface area contributed by atoms with Gasteiger partial charge in [-0.05, 0) is 18.3 Å². The fraction of sp³-hybridized carbons (Fsp3) is 0.875. The van der Waals surface area contributed by atoms with Crippen LogP contribution in [0.5, 0.6) is 0 Å². The summed E-state index contributed by atoms with van der Waals surface area (Å²) in [6, 6.07) is -1.04. The first-order chi connectivity index (χ1) is 6.32. The Morgan fingerprint density at radius 2 is 2.14 bits per heavy atom. The number of halogens is 3. The average molecular weight is 209 g/mol. The molecule has 1 saturated carbocycles. The average Bonchev–Trinajstić information content (AvgIpc) is 2.48. The third-order valence-electron chi connectivity index (χ3n) is 3.05. The number of hydrogen-bond acceptors (Lipinski definition) is 2. The van der Waals surface area contributed by atoms with Crippen molar-refractivity contribution in [1.29, 1.82) is 0 Å². The molecule has 0 aromatic carbocycles. The van der Waals surface area contributed by atoms with Crippen molar-refractivity contribution in [2.75, 3.05) is 0 Å². The predicted octanol–water partition coefficient (Wildman–Crippen LogP) is 1.14. The number of fused-ring (bicyclic) bond motifs is 1. The van der Waals surface area contributed by atoms with Gasteiger partial charge in [0.15, 0.2) is 0 Å². The van der Waals surface area contributed by atoms with E-state index in [1.165, 1.54) is 0 Å². The van der Waals surface area contributed by atoms with Gasteiger partial charge in [-0.1, -0.05) is 0 Å². The maximum Gasteiger partial charge on any atom is 0.389 e. The van der Waals surface area contributed by atoms with Crippen LogP contribution in [-0.2, 0) is 4.79 Å². The smallest absolute Gasteiger partial charge is 0.389 e. The first-order valence-electron chi connectivity index (χ1n) is 4.38. The highest BCUT2D eigenvalue weighted by Crippen LogP contribution is 2.59. The Hall–Kier alpha value is -0.780. The number of rotatable bonds is 2. The van der Waals surface area contributed by atoms with E-state index in [-0.39, 0.29) is 12.5 Å². The highest BCUT2D eigenvalue weighted by atomic mass is 19.4. The summed E-state index contributed by atoms with van der Waals surface area (Å²) in [4.78, 5) is 10.5. The van der Waals surface area contributed by atoms with Crippen molar-refractivity contribution < 1.29 is 23.1 Å². The summed E-state index contributed by atoms with van der Waals surface area (Å²) in [5, 5.41) is 11.3. The first-order valence-corrected chi connectivity index (χ1v) is 4.38. The molecule has 0 aromatic rings. The van der Waals surface area contributed by atoms with Gasteiger partial charge < -0.3 is 10.4 Å². The van der Waals surface area contributed by atoms with E-state index >= 15 is 0 Å². The van der Waals surface area contributed by atoms with Gasteiger partial charge in [0, 0.05) is 6.04 Å². The molecule has 0 aromatic heterocycles. The van der Waals surface area contributed by atoms with Crippen LogP contribution in [0.3, 0.4) is 0 Å². The van der Waals surface area contributed by atoms with E-state index in [4.69, 9.17) is 5.11 Å². The van der Waals surface area contributed by atoms with Crippen LogP contribution in [0.2, 0.25) is 0 Å². The zero-order valence-corrected chi connectivity index (χ0v) is 7.27. The number of alkyl halides is 3. The van der Waals surface area contributed by atoms with Gasteiger partial charge in [-0.25, -0.2) is 0 Å². The molecule has 3 nitrogen and oxygen atoms in total. The molecule has 0 radical (unpaired) electrons. The fourth-order valence-electron chi connectivity index (χ4n) is 2.34. The molecule has 14 heavy (non-hydrogen) atoms. The van der Waals surface area contributed by atoms with Crippen LogP contribution >= 0.6 is 0 Å². The van der Waals surface area contributed by atoms with Gasteiger partial charge in [0.25, 0.3) is 0 Å². The Morgan fingerprint density at radius 1 is 1.50 bits per heavy atom. The summed E-state index contributed by atoms with van der Waals surface area (Å²) in [5.41, 5.74) is -0.818. The Balaban J connectivity index is 1.99. The molecule has 80 valence electrons. The number of carboxylic acid groups (broad SMARTS) is 1. The third-order valence-corrected chi connectivity index (χ3v) is 3.05. The molecule has 0 bridgehead atoms. The van der Waals surface area contributed by atoms with Crippen molar-refractivity contribution in [2.24, 2.45) is 5.41 Å². The Bertz CT molecular complexity index is 278. The van der Waals surface area contributed by atoms with E-state index in [2.05, 4.69) is 5.32 Å². The number of piperidine rings is 1. The second-order valence-corrected chi connectivity index (χ2v) is 4.17. The van der Waals surface area contributed by atoms with Gasteiger partial charge >= 0.3 is 12.1 Å². The first kappa shape index (κ1) is 9.76. The van der Waals surface area contributed by atoms with E-state index in [0.717, 1.165) is 0 Å². The number of hydrogen-bond donors (Lipinski definition) is 2. The molecule has 2 aliphatic rings. The second kappa shape index (κ2) is 2.62. The lowest BCUT2D eigenvalue weighted by atomic mass is 9.95. The van der Waals surface area contributed by atoms with Crippen LogP contribution in [0.4, 0.5) is 13.2 Å². The van der Waals surface area contributed by atoms with Crippen LogP contribution in [-0.4, -0.2) is 29.3 Å². The maximum absolute atomic E-state index is 12.1. The Labute approximate surface area is 78.3 Å². The number of carbonyl (C=O) groups is 1. The maximum atomic E-state index is 12.1. The second-order valence-electron chi connectivity index (χ2n) is 4.17. The number of nitrogens with one attached hydrogen (secondary N) is 1. The van der Waals surface area contributed by atoms with E-state index in [1.807, 2.05) is 0 Å². The van der Waals surface area contributed by atoms with Crippen LogP contribution in [0.15, 0.2) is 0 Å². The summed E-state index contributed by atoms with van der Waals surface area (Å²) in [6.45, 7) is 0. The number of carboxylic acids is 1. The standard InChI is InChI=1S/C8H10F3NO2/c9-8(10,11)3-7-1-4(6(13)14)12-5(7)2-7/h4-5,12H,1-3H2,(H,13,14)/t4?,5-,7+/m0/s1. The van der Waals surface area contributed by atoms with Gasteiger partial charge in [-0.15, -0.1) is 0 Å². The zero-order chi connectivity index (χ0) is 10.6. The Morgan fingerprint density at radius 3 is 2.57 bits per heavy atom. The molecule has 0 amide bonds. The molecule has 1 heterocycles. The predicted molar refractivity (Wildman–Crippen MR) is 40.7 cm³/mol. The monoisotopic (exact) mass is 209 g/mol. The molecule has 2 N–H and O–H groups in total.